The molecule has 1 aromatic rings. The molecule has 0 saturated carbocycles. The molecule has 0 atom stereocenters. The van der Waals surface area contributed by atoms with Crippen LogP contribution in [-0.4, -0.2) is 42.2 Å². The lowest BCUT2D eigenvalue weighted by molar-refractivity contribution is 0.0256. The number of hydrogen-bond donors (Lipinski definition) is 2. The number of guanidine groups is 1. The first kappa shape index (κ1) is 22.5. The van der Waals surface area contributed by atoms with Crippen LogP contribution >= 0.6 is 24.0 Å². The van der Waals surface area contributed by atoms with E-state index in [1.165, 1.54) is 0 Å². The predicted molar refractivity (Wildman–Crippen MR) is 110 cm³/mol. The summed E-state index contributed by atoms with van der Waals surface area (Å²) in [6.45, 7) is 9.12. The van der Waals surface area contributed by atoms with E-state index in [4.69, 9.17) is 10.5 Å². The molecule has 0 spiro atoms. The number of nitrogens with two attached hydrogens (primary N) is 1. The summed E-state index contributed by atoms with van der Waals surface area (Å²) in [5, 5.41) is 3.01. The third-order valence-electron chi connectivity index (χ3n) is 2.84. The summed E-state index contributed by atoms with van der Waals surface area (Å²) >= 11 is 0. The molecule has 0 bridgehead atoms. The van der Waals surface area contributed by atoms with E-state index < -0.39 is 5.60 Å². The van der Waals surface area contributed by atoms with Crippen molar-refractivity contribution in [3.8, 4) is 0 Å². The zero-order chi connectivity index (χ0) is 17.3. The second-order valence-corrected chi connectivity index (χ2v) is 6.23. The molecule has 3 N–H and O–H groups in total. The number of rotatable bonds is 6. The summed E-state index contributed by atoms with van der Waals surface area (Å²) in [5.41, 5.74) is 6.23. The molecule has 0 fully saturated rings. The second kappa shape index (κ2) is 11.1. The highest BCUT2D eigenvalue weighted by Crippen LogP contribution is 2.10. The lowest BCUT2D eigenvalue weighted by atomic mass is 10.2. The summed E-state index contributed by atoms with van der Waals surface area (Å²) in [6.07, 6.45) is 0.546. The topological polar surface area (TPSA) is 80.0 Å². The Morgan fingerprint density at radius 2 is 1.88 bits per heavy atom. The number of halogens is 1. The number of hydrogen-bond acceptors (Lipinski definition) is 3. The average molecular weight is 448 g/mol. The van der Waals surface area contributed by atoms with Crippen molar-refractivity contribution in [2.75, 3.05) is 25.0 Å². The van der Waals surface area contributed by atoms with Gasteiger partial charge in [-0.25, -0.2) is 4.79 Å². The molecule has 6 nitrogen and oxygen atoms in total. The molecule has 0 heterocycles. The monoisotopic (exact) mass is 448 g/mol. The van der Waals surface area contributed by atoms with Crippen LogP contribution in [0, 0.1) is 0 Å². The summed E-state index contributed by atoms with van der Waals surface area (Å²) in [5.74, 6) is 0.330. The standard InChI is InChI=1S/C17H28N4O2.HI/c1-5-12-21(16(22)23-17(2,3)4)13-11-19-15(18)20-14-9-7-6-8-10-14;/h6-10H,5,11-13H2,1-4H3,(H3,18,19,20);1H. The fourth-order valence-corrected chi connectivity index (χ4v) is 1.89. The van der Waals surface area contributed by atoms with Gasteiger partial charge in [0.05, 0.1) is 6.54 Å². The van der Waals surface area contributed by atoms with Gasteiger partial charge in [-0.1, -0.05) is 25.1 Å². The molecule has 1 rings (SSSR count). The molecule has 0 aliphatic rings. The summed E-state index contributed by atoms with van der Waals surface area (Å²) < 4.78 is 5.40. The number of carbonyl (C=O) groups is 1. The van der Waals surface area contributed by atoms with Gasteiger partial charge in [0.1, 0.15) is 5.60 Å². The number of benzene rings is 1. The number of aliphatic imine (C=N–C) groups is 1. The Morgan fingerprint density at radius 1 is 1.25 bits per heavy atom. The van der Waals surface area contributed by atoms with Crippen molar-refractivity contribution in [3.63, 3.8) is 0 Å². The Labute approximate surface area is 161 Å². The van der Waals surface area contributed by atoms with E-state index >= 15 is 0 Å². The van der Waals surface area contributed by atoms with Crippen molar-refractivity contribution in [1.82, 2.24) is 4.90 Å². The molecular weight excluding hydrogens is 419 g/mol. The Morgan fingerprint density at radius 3 is 2.42 bits per heavy atom. The maximum Gasteiger partial charge on any atom is 0.410 e. The molecular formula is C17H29IN4O2. The number of nitrogens with one attached hydrogen (secondary N) is 1. The molecule has 1 amide bonds. The third kappa shape index (κ3) is 9.59. The Kier molecular flexibility index (Phi) is 10.4. The van der Waals surface area contributed by atoms with Crippen LogP contribution in [-0.2, 0) is 4.74 Å². The highest BCUT2D eigenvalue weighted by atomic mass is 127. The van der Waals surface area contributed by atoms with Gasteiger partial charge in [-0.2, -0.15) is 0 Å². The van der Waals surface area contributed by atoms with Gasteiger partial charge >= 0.3 is 6.09 Å². The van der Waals surface area contributed by atoms with Crippen molar-refractivity contribution in [3.05, 3.63) is 30.3 Å². The lowest BCUT2D eigenvalue weighted by Crippen LogP contribution is -2.39. The Hall–Kier alpha value is -1.51. The van der Waals surface area contributed by atoms with Gasteiger partial charge in [-0.05, 0) is 39.3 Å². The number of anilines is 1. The SMILES string of the molecule is CCCN(CCN=C(N)Nc1ccccc1)C(=O)OC(C)(C)C.I. The zero-order valence-electron chi connectivity index (χ0n) is 14.9. The normalized spacial score (nSPS) is 11.4. The molecule has 24 heavy (non-hydrogen) atoms. The average Bonchev–Trinajstić information content (AvgIpc) is 2.45. The van der Waals surface area contributed by atoms with Crippen LogP contribution in [0.25, 0.3) is 0 Å². The highest BCUT2D eigenvalue weighted by Gasteiger charge is 2.21. The molecule has 136 valence electrons. The fourth-order valence-electron chi connectivity index (χ4n) is 1.89. The molecule has 0 aliphatic carbocycles. The number of para-hydroxylation sites is 1. The second-order valence-electron chi connectivity index (χ2n) is 6.23. The van der Waals surface area contributed by atoms with E-state index in [2.05, 4.69) is 10.3 Å². The maximum absolute atomic E-state index is 12.1. The van der Waals surface area contributed by atoms with Crippen molar-refractivity contribution in [1.29, 1.82) is 0 Å². The zero-order valence-corrected chi connectivity index (χ0v) is 17.2. The van der Waals surface area contributed by atoms with E-state index in [-0.39, 0.29) is 30.1 Å². The van der Waals surface area contributed by atoms with E-state index in [1.54, 1.807) is 4.90 Å². The van der Waals surface area contributed by atoms with Crippen molar-refractivity contribution >= 4 is 41.7 Å². The largest absolute Gasteiger partial charge is 0.444 e. The summed E-state index contributed by atoms with van der Waals surface area (Å²) in [6, 6.07) is 9.59. The number of amides is 1. The Bertz CT molecular complexity index is 515. The molecule has 7 heteroatoms. The minimum Gasteiger partial charge on any atom is -0.444 e. The molecule has 0 aromatic heterocycles. The first-order chi connectivity index (χ1) is 10.8. The van der Waals surface area contributed by atoms with Gasteiger partial charge in [0.25, 0.3) is 0 Å². The third-order valence-corrected chi connectivity index (χ3v) is 2.84. The molecule has 1 aromatic carbocycles. The van der Waals surface area contributed by atoms with E-state index in [0.29, 0.717) is 25.6 Å². The summed E-state index contributed by atoms with van der Waals surface area (Å²) in [4.78, 5) is 18.0. The molecule has 0 saturated heterocycles. The Balaban J connectivity index is 0.00000529. The quantitative estimate of drug-likeness (QED) is 0.395. The van der Waals surface area contributed by atoms with E-state index in [0.717, 1.165) is 12.1 Å². The minimum atomic E-state index is -0.500. The van der Waals surface area contributed by atoms with Crippen molar-refractivity contribution in [2.45, 2.75) is 39.7 Å². The maximum atomic E-state index is 12.1. The van der Waals surface area contributed by atoms with Crippen LogP contribution in [0.4, 0.5) is 10.5 Å². The van der Waals surface area contributed by atoms with Crippen molar-refractivity contribution < 1.29 is 9.53 Å². The van der Waals surface area contributed by atoms with Gasteiger partial charge in [-0.3, -0.25) is 4.99 Å². The van der Waals surface area contributed by atoms with Crippen LogP contribution in [0.2, 0.25) is 0 Å². The van der Waals surface area contributed by atoms with Gasteiger partial charge in [-0.15, -0.1) is 24.0 Å². The molecule has 0 aliphatic heterocycles. The van der Waals surface area contributed by atoms with Crippen LogP contribution < -0.4 is 11.1 Å². The van der Waals surface area contributed by atoms with Crippen LogP contribution in [0.3, 0.4) is 0 Å². The smallest absolute Gasteiger partial charge is 0.410 e. The van der Waals surface area contributed by atoms with Crippen molar-refractivity contribution in [2.24, 2.45) is 10.7 Å². The van der Waals surface area contributed by atoms with E-state index in [1.807, 2.05) is 58.0 Å². The molecule has 0 radical (unpaired) electrons. The number of ether oxygens (including phenoxy) is 1. The number of carbonyl (C=O) groups excluding carboxylic acids is 1. The fraction of sp³-hybridized carbons (Fsp3) is 0.529. The molecule has 0 unspecified atom stereocenters. The predicted octanol–water partition coefficient (Wildman–Crippen LogP) is 3.68. The first-order valence-corrected chi connectivity index (χ1v) is 7.91. The lowest BCUT2D eigenvalue weighted by Gasteiger charge is -2.26. The van der Waals surface area contributed by atoms with Gasteiger partial charge < -0.3 is 20.7 Å². The van der Waals surface area contributed by atoms with Crippen LogP contribution in [0.15, 0.2) is 35.3 Å². The van der Waals surface area contributed by atoms with Crippen LogP contribution in [0.1, 0.15) is 34.1 Å². The van der Waals surface area contributed by atoms with E-state index in [9.17, 15) is 4.79 Å². The number of nitrogens with zero attached hydrogens (tertiary/aromatic N) is 2. The van der Waals surface area contributed by atoms with Gasteiger partial charge in [0, 0.05) is 18.8 Å². The van der Waals surface area contributed by atoms with Gasteiger partial charge in [0.15, 0.2) is 5.96 Å². The first-order valence-electron chi connectivity index (χ1n) is 7.91. The highest BCUT2D eigenvalue weighted by molar-refractivity contribution is 14.0. The summed E-state index contributed by atoms with van der Waals surface area (Å²) in [7, 11) is 0. The van der Waals surface area contributed by atoms with Crippen LogP contribution in [0.5, 0.6) is 0 Å². The minimum absolute atomic E-state index is 0. The van der Waals surface area contributed by atoms with Gasteiger partial charge in [0.2, 0.25) is 0 Å².